The minimum atomic E-state index is -3.61. The average Bonchev–Trinajstić information content (AvgIpc) is 2.82. The molecule has 0 bridgehead atoms. The molecule has 0 atom stereocenters. The average molecular weight is 406 g/mol. The summed E-state index contributed by atoms with van der Waals surface area (Å²) >= 11 is 6.56. The normalized spacial score (nSPS) is 16.3. The van der Waals surface area contributed by atoms with Crippen LogP contribution in [0.4, 0.5) is 0 Å². The third-order valence-electron chi connectivity index (χ3n) is 3.46. The quantitative estimate of drug-likeness (QED) is 0.431. The van der Waals surface area contributed by atoms with Gasteiger partial charge in [0.2, 0.25) is 0 Å². The topological polar surface area (TPSA) is 63.7 Å². The zero-order chi connectivity index (χ0) is 18.7. The summed E-state index contributed by atoms with van der Waals surface area (Å²) in [7, 11) is -3.61. The highest BCUT2D eigenvalue weighted by atomic mass is 32.2. The van der Waals surface area contributed by atoms with Gasteiger partial charge in [0, 0.05) is 0 Å². The van der Waals surface area contributed by atoms with E-state index in [0.29, 0.717) is 21.3 Å². The lowest BCUT2D eigenvalue weighted by Gasteiger charge is -2.14. The van der Waals surface area contributed by atoms with E-state index in [1.54, 1.807) is 35.2 Å². The highest BCUT2D eigenvalue weighted by molar-refractivity contribution is 8.26. The summed E-state index contributed by atoms with van der Waals surface area (Å²) in [6, 6.07) is 16.1. The van der Waals surface area contributed by atoms with E-state index in [0.717, 1.165) is 11.8 Å². The van der Waals surface area contributed by atoms with Crippen LogP contribution >= 0.6 is 24.0 Å². The van der Waals surface area contributed by atoms with Crippen LogP contribution in [0.2, 0.25) is 0 Å². The van der Waals surface area contributed by atoms with Gasteiger partial charge in [-0.2, -0.15) is 8.42 Å². The van der Waals surface area contributed by atoms with Crippen LogP contribution in [0, 0.1) is 0 Å². The Morgan fingerprint density at radius 3 is 2.58 bits per heavy atom. The number of rotatable bonds is 5. The minimum absolute atomic E-state index is 0.168. The maximum absolute atomic E-state index is 12.7. The second-order valence-electron chi connectivity index (χ2n) is 5.61. The number of hydrogen-bond donors (Lipinski definition) is 0. The Balaban J connectivity index is 1.81. The molecule has 0 spiro atoms. The van der Waals surface area contributed by atoms with Crippen molar-refractivity contribution in [2.75, 3.05) is 6.26 Å². The first-order chi connectivity index (χ1) is 12.3. The number of benzene rings is 2. The lowest BCUT2D eigenvalue weighted by molar-refractivity contribution is -0.122. The van der Waals surface area contributed by atoms with Gasteiger partial charge in [0.15, 0.2) is 0 Å². The molecule has 1 aliphatic heterocycles. The highest BCUT2D eigenvalue weighted by Crippen LogP contribution is 2.34. The fraction of sp³-hybridized carbons (Fsp3) is 0.111. The molecule has 0 radical (unpaired) electrons. The van der Waals surface area contributed by atoms with Crippen molar-refractivity contribution in [1.82, 2.24) is 4.90 Å². The number of amides is 1. The lowest BCUT2D eigenvalue weighted by Crippen LogP contribution is -2.27. The van der Waals surface area contributed by atoms with Crippen molar-refractivity contribution in [2.24, 2.45) is 0 Å². The van der Waals surface area contributed by atoms with Crippen LogP contribution < -0.4 is 4.18 Å². The zero-order valence-electron chi connectivity index (χ0n) is 13.8. The summed E-state index contributed by atoms with van der Waals surface area (Å²) in [5.41, 5.74) is 1.65. The first-order valence-corrected chi connectivity index (χ1v) is 10.6. The van der Waals surface area contributed by atoms with Crippen LogP contribution in [-0.4, -0.2) is 29.8 Å². The van der Waals surface area contributed by atoms with E-state index < -0.39 is 10.1 Å². The molecule has 1 heterocycles. The number of carbonyl (C=O) groups excluding carboxylic acids is 1. The highest BCUT2D eigenvalue weighted by Gasteiger charge is 2.31. The van der Waals surface area contributed by atoms with Gasteiger partial charge in [-0.05, 0) is 29.3 Å². The van der Waals surface area contributed by atoms with E-state index in [9.17, 15) is 13.2 Å². The van der Waals surface area contributed by atoms with Gasteiger partial charge < -0.3 is 4.18 Å². The van der Waals surface area contributed by atoms with Gasteiger partial charge >= 0.3 is 10.1 Å². The van der Waals surface area contributed by atoms with Crippen molar-refractivity contribution in [1.29, 1.82) is 0 Å². The number of hydrogen-bond acceptors (Lipinski definition) is 6. The van der Waals surface area contributed by atoms with Gasteiger partial charge in [-0.1, -0.05) is 66.4 Å². The predicted molar refractivity (Wildman–Crippen MR) is 107 cm³/mol. The third kappa shape index (κ3) is 4.72. The molecule has 2 aromatic carbocycles. The van der Waals surface area contributed by atoms with E-state index >= 15 is 0 Å². The molecule has 0 unspecified atom stereocenters. The van der Waals surface area contributed by atoms with Crippen LogP contribution in [0.5, 0.6) is 5.75 Å². The Kier molecular flexibility index (Phi) is 5.45. The maximum Gasteiger partial charge on any atom is 0.306 e. The Morgan fingerprint density at radius 1 is 1.15 bits per heavy atom. The fourth-order valence-corrected chi connectivity index (χ4v) is 4.09. The SMILES string of the molecule is CS(=O)(=O)Oc1cccc(/C=C2/SC(=S)N(Cc3ccccc3)C2=O)c1. The van der Waals surface area contributed by atoms with Crippen molar-refractivity contribution < 1.29 is 17.4 Å². The third-order valence-corrected chi connectivity index (χ3v) is 5.33. The fourth-order valence-electron chi connectivity index (χ4n) is 2.38. The van der Waals surface area contributed by atoms with Gasteiger partial charge in [0.1, 0.15) is 10.1 Å². The van der Waals surface area contributed by atoms with E-state index in [4.69, 9.17) is 16.4 Å². The largest absolute Gasteiger partial charge is 0.383 e. The van der Waals surface area contributed by atoms with E-state index in [1.165, 1.54) is 11.8 Å². The number of thiocarbonyl (C=S) groups is 1. The Labute approximate surface area is 161 Å². The molecule has 0 N–H and O–H groups in total. The molecule has 0 aromatic heterocycles. The summed E-state index contributed by atoms with van der Waals surface area (Å²) in [6.07, 6.45) is 2.66. The van der Waals surface area contributed by atoms with Crippen molar-refractivity contribution in [2.45, 2.75) is 6.54 Å². The maximum atomic E-state index is 12.7. The van der Waals surface area contributed by atoms with E-state index in [2.05, 4.69) is 0 Å². The Hall–Kier alpha value is -2.16. The Bertz CT molecular complexity index is 985. The zero-order valence-corrected chi connectivity index (χ0v) is 16.2. The first-order valence-electron chi connectivity index (χ1n) is 7.61. The van der Waals surface area contributed by atoms with Crippen molar-refractivity contribution in [3.8, 4) is 5.75 Å². The monoisotopic (exact) mass is 405 g/mol. The number of thioether (sulfide) groups is 1. The number of carbonyl (C=O) groups is 1. The molecule has 0 aliphatic carbocycles. The van der Waals surface area contributed by atoms with Crippen molar-refractivity contribution in [3.63, 3.8) is 0 Å². The van der Waals surface area contributed by atoms with Crippen LogP contribution in [0.1, 0.15) is 11.1 Å². The van der Waals surface area contributed by atoms with Crippen LogP contribution in [0.3, 0.4) is 0 Å². The second-order valence-corrected chi connectivity index (χ2v) is 8.86. The summed E-state index contributed by atoms with van der Waals surface area (Å²) in [5, 5.41) is 0. The Morgan fingerprint density at radius 2 is 1.88 bits per heavy atom. The van der Waals surface area contributed by atoms with Crippen LogP contribution in [0.25, 0.3) is 6.08 Å². The molecule has 0 saturated carbocycles. The molecule has 134 valence electrons. The second kappa shape index (κ2) is 7.61. The van der Waals surface area contributed by atoms with Gasteiger partial charge in [-0.3, -0.25) is 9.69 Å². The molecular formula is C18H15NO4S3. The van der Waals surface area contributed by atoms with Gasteiger partial charge in [0.05, 0.1) is 17.7 Å². The van der Waals surface area contributed by atoms with Gasteiger partial charge in [-0.15, -0.1) is 0 Å². The van der Waals surface area contributed by atoms with Crippen LogP contribution in [-0.2, 0) is 21.5 Å². The molecular weight excluding hydrogens is 390 g/mol. The van der Waals surface area contributed by atoms with E-state index in [1.807, 2.05) is 30.3 Å². The first kappa shape index (κ1) is 18.6. The lowest BCUT2D eigenvalue weighted by atomic mass is 10.2. The summed E-state index contributed by atoms with van der Waals surface area (Å²) in [6.45, 7) is 0.417. The standard InChI is InChI=1S/C18H15NO4S3/c1-26(21,22)23-15-9-5-8-14(10-15)11-16-17(20)19(18(24)25-16)12-13-6-3-2-4-7-13/h2-11H,12H2,1H3/b16-11+. The van der Waals surface area contributed by atoms with Crippen molar-refractivity contribution >= 4 is 50.4 Å². The molecule has 5 nitrogen and oxygen atoms in total. The molecule has 26 heavy (non-hydrogen) atoms. The van der Waals surface area contributed by atoms with Gasteiger partial charge in [-0.25, -0.2) is 0 Å². The molecule has 2 aromatic rings. The molecule has 3 rings (SSSR count). The van der Waals surface area contributed by atoms with E-state index in [-0.39, 0.29) is 11.7 Å². The molecule has 1 saturated heterocycles. The van der Waals surface area contributed by atoms with Crippen LogP contribution in [0.15, 0.2) is 59.5 Å². The minimum Gasteiger partial charge on any atom is -0.383 e. The summed E-state index contributed by atoms with van der Waals surface area (Å²) in [5.74, 6) is 0.0271. The molecule has 1 aliphatic rings. The predicted octanol–water partition coefficient (Wildman–Crippen LogP) is 3.43. The number of nitrogens with zero attached hydrogens (tertiary/aromatic N) is 1. The summed E-state index contributed by atoms with van der Waals surface area (Å²) < 4.78 is 27.9. The summed E-state index contributed by atoms with van der Waals surface area (Å²) in [4.78, 5) is 14.7. The smallest absolute Gasteiger partial charge is 0.306 e. The molecule has 1 fully saturated rings. The molecule has 8 heteroatoms. The molecule has 1 amide bonds. The van der Waals surface area contributed by atoms with Gasteiger partial charge in [0.25, 0.3) is 5.91 Å². The van der Waals surface area contributed by atoms with Crippen molar-refractivity contribution in [3.05, 3.63) is 70.6 Å².